The standard InChI is InChI=1S/C12H13BrN2O3/c1-7-4-9(2-3-10(7)13)15-6-8(5-11(15)16)14-12(17)18/h2-4,8,14H,5-6H2,1H3,(H,17,18)/t8-/m0/s1. The van der Waals surface area contributed by atoms with Crippen molar-refractivity contribution in [3.63, 3.8) is 0 Å². The molecule has 96 valence electrons. The Morgan fingerprint density at radius 1 is 1.56 bits per heavy atom. The van der Waals surface area contributed by atoms with Crippen molar-refractivity contribution in [2.45, 2.75) is 19.4 Å². The number of carbonyl (C=O) groups excluding carboxylic acids is 1. The fourth-order valence-corrected chi connectivity index (χ4v) is 2.27. The zero-order chi connectivity index (χ0) is 13.3. The molecule has 1 aliphatic rings. The van der Waals surface area contributed by atoms with Crippen molar-refractivity contribution >= 4 is 33.6 Å². The third-order valence-electron chi connectivity index (χ3n) is 2.91. The first kappa shape index (κ1) is 12.9. The molecule has 1 aliphatic heterocycles. The molecule has 0 unspecified atom stereocenters. The first-order valence-electron chi connectivity index (χ1n) is 5.53. The van der Waals surface area contributed by atoms with Gasteiger partial charge in [0.15, 0.2) is 0 Å². The fraction of sp³-hybridized carbons (Fsp3) is 0.333. The van der Waals surface area contributed by atoms with Crippen molar-refractivity contribution in [1.29, 1.82) is 0 Å². The lowest BCUT2D eigenvalue weighted by Gasteiger charge is -2.17. The maximum atomic E-state index is 11.8. The molecule has 1 fully saturated rings. The topological polar surface area (TPSA) is 69.6 Å². The lowest BCUT2D eigenvalue weighted by molar-refractivity contribution is -0.117. The number of carboxylic acid groups (broad SMARTS) is 1. The van der Waals surface area contributed by atoms with Crippen molar-refractivity contribution in [2.75, 3.05) is 11.4 Å². The van der Waals surface area contributed by atoms with Gasteiger partial charge in [-0.15, -0.1) is 0 Å². The predicted octanol–water partition coefficient (Wildman–Crippen LogP) is 2.13. The molecular weight excluding hydrogens is 300 g/mol. The highest BCUT2D eigenvalue weighted by molar-refractivity contribution is 9.10. The van der Waals surface area contributed by atoms with E-state index in [-0.39, 0.29) is 18.4 Å². The minimum atomic E-state index is -1.10. The number of aryl methyl sites for hydroxylation is 1. The van der Waals surface area contributed by atoms with Crippen LogP contribution in [0.5, 0.6) is 0 Å². The minimum Gasteiger partial charge on any atom is -0.465 e. The van der Waals surface area contributed by atoms with Crippen molar-refractivity contribution in [3.05, 3.63) is 28.2 Å². The van der Waals surface area contributed by atoms with Crippen LogP contribution >= 0.6 is 15.9 Å². The van der Waals surface area contributed by atoms with E-state index in [1.54, 1.807) is 4.90 Å². The molecule has 0 aromatic heterocycles. The molecule has 0 spiro atoms. The van der Waals surface area contributed by atoms with Gasteiger partial charge in [0.1, 0.15) is 0 Å². The third-order valence-corrected chi connectivity index (χ3v) is 3.80. The number of benzene rings is 1. The molecule has 1 aromatic rings. The fourth-order valence-electron chi connectivity index (χ4n) is 2.03. The number of carbonyl (C=O) groups is 2. The molecule has 18 heavy (non-hydrogen) atoms. The molecule has 6 heteroatoms. The number of hydrogen-bond donors (Lipinski definition) is 2. The van der Waals surface area contributed by atoms with Crippen LogP contribution in [0.4, 0.5) is 10.5 Å². The van der Waals surface area contributed by atoms with E-state index in [9.17, 15) is 9.59 Å². The Morgan fingerprint density at radius 2 is 2.28 bits per heavy atom. The molecule has 5 nitrogen and oxygen atoms in total. The maximum Gasteiger partial charge on any atom is 0.404 e. The van der Waals surface area contributed by atoms with Gasteiger partial charge in [0.25, 0.3) is 0 Å². The molecule has 2 amide bonds. The smallest absolute Gasteiger partial charge is 0.404 e. The third kappa shape index (κ3) is 2.64. The molecule has 1 heterocycles. The van der Waals surface area contributed by atoms with Crippen LogP contribution in [0.25, 0.3) is 0 Å². The summed E-state index contributed by atoms with van der Waals surface area (Å²) < 4.78 is 0.984. The van der Waals surface area contributed by atoms with E-state index in [0.717, 1.165) is 15.7 Å². The largest absolute Gasteiger partial charge is 0.465 e. The molecule has 0 saturated carbocycles. The molecule has 1 saturated heterocycles. The van der Waals surface area contributed by atoms with Gasteiger partial charge in [0.2, 0.25) is 5.91 Å². The van der Waals surface area contributed by atoms with Gasteiger partial charge >= 0.3 is 6.09 Å². The van der Waals surface area contributed by atoms with Gasteiger partial charge in [-0.05, 0) is 30.7 Å². The van der Waals surface area contributed by atoms with E-state index in [0.29, 0.717) is 6.54 Å². The summed E-state index contributed by atoms with van der Waals surface area (Å²) in [6.45, 7) is 2.33. The molecule has 0 aliphatic carbocycles. The SMILES string of the molecule is Cc1cc(N2C[C@@H](NC(=O)O)CC2=O)ccc1Br. The maximum absolute atomic E-state index is 11.8. The Morgan fingerprint density at radius 3 is 2.89 bits per heavy atom. The van der Waals surface area contributed by atoms with Gasteiger partial charge < -0.3 is 15.3 Å². The van der Waals surface area contributed by atoms with Gasteiger partial charge in [-0.2, -0.15) is 0 Å². The van der Waals surface area contributed by atoms with Crippen molar-refractivity contribution in [1.82, 2.24) is 5.32 Å². The van der Waals surface area contributed by atoms with Gasteiger partial charge in [-0.25, -0.2) is 4.79 Å². The second kappa shape index (κ2) is 4.97. The number of nitrogens with one attached hydrogen (secondary N) is 1. The van der Waals surface area contributed by atoms with E-state index in [2.05, 4.69) is 21.2 Å². The monoisotopic (exact) mass is 312 g/mol. The summed E-state index contributed by atoms with van der Waals surface area (Å²) in [7, 11) is 0. The molecule has 2 rings (SSSR count). The highest BCUT2D eigenvalue weighted by atomic mass is 79.9. The van der Waals surface area contributed by atoms with Crippen LogP contribution in [0.3, 0.4) is 0 Å². The van der Waals surface area contributed by atoms with Crippen LogP contribution < -0.4 is 10.2 Å². The summed E-state index contributed by atoms with van der Waals surface area (Å²) in [6, 6.07) is 5.30. The van der Waals surface area contributed by atoms with Gasteiger partial charge in [0.05, 0.1) is 6.04 Å². The Kier molecular flexibility index (Phi) is 3.56. The number of anilines is 1. The number of nitrogens with zero attached hydrogens (tertiary/aromatic N) is 1. The summed E-state index contributed by atoms with van der Waals surface area (Å²) in [5.74, 6) is -0.0597. The van der Waals surface area contributed by atoms with Gasteiger partial charge in [0, 0.05) is 23.1 Å². The molecule has 1 atom stereocenters. The Bertz CT molecular complexity index is 504. The minimum absolute atomic E-state index is 0.0597. The Balaban J connectivity index is 2.16. The van der Waals surface area contributed by atoms with Crippen LogP contribution in [0.15, 0.2) is 22.7 Å². The lowest BCUT2D eigenvalue weighted by Crippen LogP contribution is -2.36. The summed E-state index contributed by atoms with van der Waals surface area (Å²) in [6.07, 6.45) is -0.886. The molecule has 1 aromatic carbocycles. The Labute approximate surface area is 113 Å². The van der Waals surface area contributed by atoms with Crippen molar-refractivity contribution in [2.24, 2.45) is 0 Å². The van der Waals surface area contributed by atoms with E-state index < -0.39 is 6.09 Å². The van der Waals surface area contributed by atoms with Gasteiger partial charge in [-0.3, -0.25) is 4.79 Å². The summed E-state index contributed by atoms with van der Waals surface area (Å²) >= 11 is 3.40. The summed E-state index contributed by atoms with van der Waals surface area (Å²) in [5.41, 5.74) is 1.84. The normalized spacial score (nSPS) is 19.1. The van der Waals surface area contributed by atoms with Crippen molar-refractivity contribution < 1.29 is 14.7 Å². The summed E-state index contributed by atoms with van der Waals surface area (Å²) in [5, 5.41) is 11.0. The Hall–Kier alpha value is -1.56. The quantitative estimate of drug-likeness (QED) is 0.879. The number of hydrogen-bond acceptors (Lipinski definition) is 2. The van der Waals surface area contributed by atoms with E-state index >= 15 is 0 Å². The first-order valence-corrected chi connectivity index (χ1v) is 6.32. The first-order chi connectivity index (χ1) is 8.47. The average Bonchev–Trinajstić information content (AvgIpc) is 2.62. The lowest BCUT2D eigenvalue weighted by atomic mass is 10.2. The van der Waals surface area contributed by atoms with Crippen LogP contribution in [-0.2, 0) is 4.79 Å². The second-order valence-electron chi connectivity index (χ2n) is 4.29. The molecular formula is C12H13BrN2O3. The predicted molar refractivity (Wildman–Crippen MR) is 70.8 cm³/mol. The van der Waals surface area contributed by atoms with E-state index in [4.69, 9.17) is 5.11 Å². The van der Waals surface area contributed by atoms with Gasteiger partial charge in [-0.1, -0.05) is 15.9 Å². The van der Waals surface area contributed by atoms with Crippen LogP contribution in [0.2, 0.25) is 0 Å². The average molecular weight is 313 g/mol. The molecule has 0 bridgehead atoms. The van der Waals surface area contributed by atoms with Crippen LogP contribution in [0, 0.1) is 6.92 Å². The number of halogens is 1. The summed E-state index contributed by atoms with van der Waals surface area (Å²) in [4.78, 5) is 24.0. The zero-order valence-electron chi connectivity index (χ0n) is 9.81. The van der Waals surface area contributed by atoms with Crippen molar-refractivity contribution in [3.8, 4) is 0 Å². The van der Waals surface area contributed by atoms with E-state index in [1.807, 2.05) is 25.1 Å². The highest BCUT2D eigenvalue weighted by Gasteiger charge is 2.31. The second-order valence-corrected chi connectivity index (χ2v) is 5.14. The molecule has 0 radical (unpaired) electrons. The highest BCUT2D eigenvalue weighted by Crippen LogP contribution is 2.26. The van der Waals surface area contributed by atoms with Crippen LogP contribution in [-0.4, -0.2) is 29.7 Å². The number of rotatable bonds is 2. The molecule has 2 N–H and O–H groups in total. The van der Waals surface area contributed by atoms with Crippen LogP contribution in [0.1, 0.15) is 12.0 Å². The van der Waals surface area contributed by atoms with E-state index in [1.165, 1.54) is 0 Å². The zero-order valence-corrected chi connectivity index (χ0v) is 11.4. The number of amides is 2.